The van der Waals surface area contributed by atoms with E-state index in [1.807, 2.05) is 18.2 Å². The SMILES string of the molecule is COc1cc(CNC(=O)C(C)(C)N2C(=O)CC2c2ccc3c(c2)OCO3)cc(OC)c1OC. The molecule has 2 aliphatic heterocycles. The van der Waals surface area contributed by atoms with Crippen LogP contribution in [0.4, 0.5) is 0 Å². The molecule has 9 nitrogen and oxygen atoms in total. The first kappa shape index (κ1) is 22.6. The number of fused-ring (bicyclic) bond motifs is 1. The summed E-state index contributed by atoms with van der Waals surface area (Å²) in [6, 6.07) is 8.94. The first-order valence-corrected chi connectivity index (χ1v) is 10.6. The van der Waals surface area contributed by atoms with Crippen molar-refractivity contribution in [3.63, 3.8) is 0 Å². The number of hydrogen-bond acceptors (Lipinski definition) is 7. The van der Waals surface area contributed by atoms with Crippen LogP contribution in [0.25, 0.3) is 0 Å². The number of carbonyl (C=O) groups excluding carboxylic acids is 2. The minimum absolute atomic E-state index is 0.0781. The van der Waals surface area contributed by atoms with Crippen molar-refractivity contribution in [3.8, 4) is 28.7 Å². The van der Waals surface area contributed by atoms with Crippen molar-refractivity contribution in [1.29, 1.82) is 0 Å². The zero-order valence-corrected chi connectivity index (χ0v) is 19.4. The van der Waals surface area contributed by atoms with Crippen molar-refractivity contribution in [3.05, 3.63) is 41.5 Å². The Bertz CT molecular complexity index is 1060. The standard InChI is InChI=1S/C24H28N2O7/c1-24(2,23(28)25-12-14-8-19(29-3)22(31-5)20(9-14)30-4)26-16(11-21(26)27)15-6-7-17-18(10-15)33-13-32-17/h6-10,16H,11-13H2,1-5H3,(H,25,28). The first-order valence-electron chi connectivity index (χ1n) is 10.6. The minimum Gasteiger partial charge on any atom is -0.493 e. The average molecular weight is 456 g/mol. The van der Waals surface area contributed by atoms with E-state index in [1.54, 1.807) is 30.9 Å². The van der Waals surface area contributed by atoms with Gasteiger partial charge < -0.3 is 33.9 Å². The van der Waals surface area contributed by atoms with Gasteiger partial charge in [0.05, 0.1) is 33.8 Å². The largest absolute Gasteiger partial charge is 0.493 e. The monoisotopic (exact) mass is 456 g/mol. The number of amides is 2. The summed E-state index contributed by atoms with van der Waals surface area (Å²) in [5.41, 5.74) is 0.622. The first-order chi connectivity index (χ1) is 15.8. The third kappa shape index (κ3) is 3.99. The van der Waals surface area contributed by atoms with Gasteiger partial charge in [-0.1, -0.05) is 6.07 Å². The summed E-state index contributed by atoms with van der Waals surface area (Å²) in [4.78, 5) is 27.4. The fourth-order valence-corrected chi connectivity index (χ4v) is 4.25. The van der Waals surface area contributed by atoms with E-state index in [0.717, 1.165) is 11.1 Å². The normalized spacial score (nSPS) is 16.8. The van der Waals surface area contributed by atoms with Crippen LogP contribution in [0.3, 0.4) is 0 Å². The van der Waals surface area contributed by atoms with Crippen molar-refractivity contribution >= 4 is 11.8 Å². The molecule has 4 rings (SSSR count). The highest BCUT2D eigenvalue weighted by Gasteiger charge is 2.49. The molecule has 2 aromatic carbocycles. The highest BCUT2D eigenvalue weighted by molar-refractivity contribution is 5.94. The summed E-state index contributed by atoms with van der Waals surface area (Å²) in [5, 5.41) is 2.93. The summed E-state index contributed by atoms with van der Waals surface area (Å²) < 4.78 is 26.9. The molecule has 1 saturated heterocycles. The molecule has 0 bridgehead atoms. The molecule has 0 spiro atoms. The summed E-state index contributed by atoms with van der Waals surface area (Å²) >= 11 is 0. The third-order valence-corrected chi connectivity index (χ3v) is 6.07. The van der Waals surface area contributed by atoms with Gasteiger partial charge in [-0.2, -0.15) is 0 Å². The summed E-state index contributed by atoms with van der Waals surface area (Å²) in [7, 11) is 4.61. The van der Waals surface area contributed by atoms with Crippen LogP contribution in [0.2, 0.25) is 0 Å². The number of nitrogens with zero attached hydrogens (tertiary/aromatic N) is 1. The van der Waals surface area contributed by atoms with E-state index in [9.17, 15) is 9.59 Å². The maximum atomic E-state index is 13.2. The van der Waals surface area contributed by atoms with Gasteiger partial charge in [0.2, 0.25) is 24.4 Å². The van der Waals surface area contributed by atoms with E-state index in [0.29, 0.717) is 35.2 Å². The highest BCUT2D eigenvalue weighted by Crippen LogP contribution is 2.44. The van der Waals surface area contributed by atoms with Gasteiger partial charge in [-0.3, -0.25) is 9.59 Å². The molecule has 2 aliphatic rings. The molecule has 0 aromatic heterocycles. The van der Waals surface area contributed by atoms with Crippen molar-refractivity contribution in [2.45, 2.75) is 38.4 Å². The van der Waals surface area contributed by atoms with Gasteiger partial charge in [0.15, 0.2) is 23.0 Å². The average Bonchev–Trinajstić information content (AvgIpc) is 3.27. The zero-order valence-electron chi connectivity index (χ0n) is 19.4. The predicted molar refractivity (Wildman–Crippen MR) is 119 cm³/mol. The van der Waals surface area contributed by atoms with E-state index < -0.39 is 5.54 Å². The fourth-order valence-electron chi connectivity index (χ4n) is 4.25. The maximum absolute atomic E-state index is 13.2. The fraction of sp³-hybridized carbons (Fsp3) is 0.417. The van der Waals surface area contributed by atoms with E-state index in [-0.39, 0.29) is 31.2 Å². The third-order valence-electron chi connectivity index (χ3n) is 6.07. The van der Waals surface area contributed by atoms with Gasteiger partial charge >= 0.3 is 0 Å². The molecule has 1 atom stereocenters. The van der Waals surface area contributed by atoms with Crippen LogP contribution in [0.1, 0.15) is 37.4 Å². The Hall–Kier alpha value is -3.62. The van der Waals surface area contributed by atoms with Gasteiger partial charge in [0, 0.05) is 6.54 Å². The molecular formula is C24H28N2O7. The van der Waals surface area contributed by atoms with E-state index in [1.165, 1.54) is 21.3 Å². The number of likely N-dealkylation sites (tertiary alicyclic amines) is 1. The van der Waals surface area contributed by atoms with E-state index in [2.05, 4.69) is 5.32 Å². The lowest BCUT2D eigenvalue weighted by molar-refractivity contribution is -0.162. The number of carbonyl (C=O) groups is 2. The van der Waals surface area contributed by atoms with Crippen molar-refractivity contribution < 1.29 is 33.3 Å². The smallest absolute Gasteiger partial charge is 0.245 e. The Morgan fingerprint density at radius 2 is 1.73 bits per heavy atom. The number of rotatable bonds is 8. The number of nitrogens with one attached hydrogen (secondary N) is 1. The van der Waals surface area contributed by atoms with E-state index >= 15 is 0 Å². The van der Waals surface area contributed by atoms with Crippen LogP contribution in [0.15, 0.2) is 30.3 Å². The van der Waals surface area contributed by atoms with Crippen LogP contribution < -0.4 is 29.0 Å². The number of benzene rings is 2. The van der Waals surface area contributed by atoms with Crippen LogP contribution >= 0.6 is 0 Å². The van der Waals surface area contributed by atoms with Crippen LogP contribution in [-0.2, 0) is 16.1 Å². The lowest BCUT2D eigenvalue weighted by Gasteiger charge is -2.49. The second-order valence-corrected chi connectivity index (χ2v) is 8.37. The molecule has 0 radical (unpaired) electrons. The molecule has 2 aromatic rings. The number of ether oxygens (including phenoxy) is 5. The molecule has 176 valence electrons. The Morgan fingerprint density at radius 1 is 1.06 bits per heavy atom. The van der Waals surface area contributed by atoms with E-state index in [4.69, 9.17) is 23.7 Å². The minimum atomic E-state index is -1.06. The van der Waals surface area contributed by atoms with Crippen molar-refractivity contribution in [2.24, 2.45) is 0 Å². The number of methoxy groups -OCH3 is 3. The quantitative estimate of drug-likeness (QED) is 0.611. The van der Waals surface area contributed by atoms with Gasteiger partial charge in [-0.05, 0) is 49.2 Å². The zero-order chi connectivity index (χ0) is 23.8. The van der Waals surface area contributed by atoms with Crippen LogP contribution in [0.5, 0.6) is 28.7 Å². The molecule has 1 unspecified atom stereocenters. The molecule has 2 heterocycles. The van der Waals surface area contributed by atoms with Gasteiger partial charge in [-0.15, -0.1) is 0 Å². The highest BCUT2D eigenvalue weighted by atomic mass is 16.7. The lowest BCUT2D eigenvalue weighted by atomic mass is 9.86. The molecule has 1 N–H and O–H groups in total. The van der Waals surface area contributed by atoms with Gasteiger partial charge in [-0.25, -0.2) is 0 Å². The second kappa shape index (κ2) is 8.73. The van der Waals surface area contributed by atoms with Crippen LogP contribution in [0, 0.1) is 0 Å². The molecule has 33 heavy (non-hydrogen) atoms. The topological polar surface area (TPSA) is 95.6 Å². The predicted octanol–water partition coefficient (Wildman–Crippen LogP) is 2.81. The second-order valence-electron chi connectivity index (χ2n) is 8.37. The number of hydrogen-bond donors (Lipinski definition) is 1. The Balaban J connectivity index is 1.49. The summed E-state index contributed by atoms with van der Waals surface area (Å²) in [6.45, 7) is 3.90. The molecule has 2 amide bonds. The molecular weight excluding hydrogens is 428 g/mol. The maximum Gasteiger partial charge on any atom is 0.245 e. The Kier molecular flexibility index (Phi) is 5.97. The lowest BCUT2D eigenvalue weighted by Crippen LogP contribution is -2.63. The molecule has 1 fully saturated rings. The Morgan fingerprint density at radius 3 is 2.33 bits per heavy atom. The molecule has 9 heteroatoms. The Labute approximate surface area is 192 Å². The van der Waals surface area contributed by atoms with Gasteiger partial charge in [0.1, 0.15) is 5.54 Å². The van der Waals surface area contributed by atoms with Crippen LogP contribution in [-0.4, -0.2) is 50.4 Å². The number of β-lactam (4-membered cyclic amide) rings is 1. The van der Waals surface area contributed by atoms with Crippen molar-refractivity contribution in [2.75, 3.05) is 28.1 Å². The summed E-state index contributed by atoms with van der Waals surface area (Å²) in [5.74, 6) is 2.46. The molecule has 0 aliphatic carbocycles. The summed E-state index contributed by atoms with van der Waals surface area (Å²) in [6.07, 6.45) is 0.337. The van der Waals surface area contributed by atoms with Gasteiger partial charge in [0.25, 0.3) is 0 Å². The van der Waals surface area contributed by atoms with Crippen molar-refractivity contribution in [1.82, 2.24) is 10.2 Å². The molecule has 0 saturated carbocycles.